The third-order valence-electron chi connectivity index (χ3n) is 6.21. The lowest BCUT2D eigenvalue weighted by atomic mass is 10.1. The second-order valence-electron chi connectivity index (χ2n) is 9.07. The second-order valence-corrected chi connectivity index (χ2v) is 10.9. The molecule has 0 aromatic heterocycles. The van der Waals surface area contributed by atoms with Crippen LogP contribution in [0, 0.1) is 12.7 Å². The highest BCUT2D eigenvalue weighted by atomic mass is 32.2. The zero-order valence-electron chi connectivity index (χ0n) is 21.9. The van der Waals surface area contributed by atoms with Gasteiger partial charge in [-0.2, -0.15) is 0 Å². The molecule has 3 rings (SSSR count). The third kappa shape index (κ3) is 7.19. The molecule has 1 atom stereocenters. The molecule has 0 heterocycles. The summed E-state index contributed by atoms with van der Waals surface area (Å²) in [4.78, 5) is 27.8. The van der Waals surface area contributed by atoms with Crippen molar-refractivity contribution in [2.75, 3.05) is 23.9 Å². The molecule has 3 aromatic rings. The smallest absolute Gasteiger partial charge is 0.264 e. The summed E-state index contributed by atoms with van der Waals surface area (Å²) in [6, 6.07) is 20.2. The summed E-state index contributed by atoms with van der Waals surface area (Å²) in [7, 11) is -4.30. The van der Waals surface area contributed by atoms with Crippen LogP contribution in [0.25, 0.3) is 0 Å². The summed E-state index contributed by atoms with van der Waals surface area (Å²) in [6.45, 7) is 5.31. The predicted molar refractivity (Wildman–Crippen MR) is 147 cm³/mol. The highest BCUT2D eigenvalue weighted by molar-refractivity contribution is 7.92. The fourth-order valence-electron chi connectivity index (χ4n) is 3.97. The number of hydrogen-bond acceptors (Lipinski definition) is 4. The molecule has 38 heavy (non-hydrogen) atoms. The first-order valence-corrected chi connectivity index (χ1v) is 14.0. The molecule has 0 radical (unpaired) electrons. The Kier molecular flexibility index (Phi) is 10.0. The summed E-state index contributed by atoms with van der Waals surface area (Å²) in [5, 5.41) is 2.80. The Hall–Kier alpha value is -3.72. The summed E-state index contributed by atoms with van der Waals surface area (Å²) in [5.41, 5.74) is 1.58. The van der Waals surface area contributed by atoms with Crippen LogP contribution in [0.15, 0.2) is 83.8 Å². The Labute approximate surface area is 224 Å². The standard InChI is InChI=1S/C29H34FN3O4S/c1-4-19-31-29(35)23(3)32(20-18-24-10-6-5-7-11-24)28(34)21-33(27-13-9-8-12-26(27)30)38(36,37)25-16-14-22(2)15-17-25/h5-17,23H,4,18-21H2,1-3H3,(H,31,35)/t23-/m1/s1. The van der Waals surface area contributed by atoms with E-state index in [1.54, 1.807) is 19.1 Å². The SMILES string of the molecule is CCCNC(=O)[C@@H](C)N(CCc1ccccc1)C(=O)CN(c1ccccc1F)S(=O)(=O)c1ccc(C)cc1. The zero-order valence-corrected chi connectivity index (χ0v) is 22.7. The van der Waals surface area contributed by atoms with Gasteiger partial charge in [-0.3, -0.25) is 13.9 Å². The summed E-state index contributed by atoms with van der Waals surface area (Å²) < 4.78 is 43.1. The highest BCUT2D eigenvalue weighted by Crippen LogP contribution is 2.27. The van der Waals surface area contributed by atoms with Crippen molar-refractivity contribution in [1.82, 2.24) is 10.2 Å². The van der Waals surface area contributed by atoms with Crippen molar-refractivity contribution in [3.05, 3.63) is 95.8 Å². The molecule has 0 aliphatic carbocycles. The van der Waals surface area contributed by atoms with Gasteiger partial charge in [-0.1, -0.05) is 67.1 Å². The van der Waals surface area contributed by atoms with Crippen LogP contribution in [0.1, 0.15) is 31.4 Å². The molecular formula is C29H34FN3O4S. The lowest BCUT2D eigenvalue weighted by molar-refractivity contribution is -0.138. The Bertz CT molecular complexity index is 1330. The van der Waals surface area contributed by atoms with Crippen LogP contribution in [0.2, 0.25) is 0 Å². The molecule has 1 N–H and O–H groups in total. The van der Waals surface area contributed by atoms with Crippen LogP contribution >= 0.6 is 0 Å². The number of sulfonamides is 1. The van der Waals surface area contributed by atoms with E-state index < -0.39 is 34.3 Å². The lowest BCUT2D eigenvalue weighted by Gasteiger charge is -2.32. The number of anilines is 1. The third-order valence-corrected chi connectivity index (χ3v) is 7.98. The summed E-state index contributed by atoms with van der Waals surface area (Å²) in [6.07, 6.45) is 1.19. The number of amides is 2. The Morgan fingerprint density at radius 2 is 1.58 bits per heavy atom. The van der Waals surface area contributed by atoms with Crippen LogP contribution in [-0.2, 0) is 26.0 Å². The first kappa shape index (κ1) is 28.8. The van der Waals surface area contributed by atoms with E-state index in [2.05, 4.69) is 5.32 Å². The maximum absolute atomic E-state index is 14.9. The molecule has 0 aliphatic heterocycles. The molecule has 2 amide bonds. The van der Waals surface area contributed by atoms with Gasteiger partial charge in [-0.15, -0.1) is 0 Å². The number of benzene rings is 3. The van der Waals surface area contributed by atoms with Crippen molar-refractivity contribution in [2.45, 2.75) is 44.6 Å². The van der Waals surface area contributed by atoms with Gasteiger partial charge in [-0.05, 0) is 56.5 Å². The largest absolute Gasteiger partial charge is 0.354 e. The number of carbonyl (C=O) groups excluding carboxylic acids is 2. The molecule has 0 fully saturated rings. The van der Waals surface area contributed by atoms with Gasteiger partial charge in [0.15, 0.2) is 0 Å². The van der Waals surface area contributed by atoms with Gasteiger partial charge in [0, 0.05) is 13.1 Å². The van der Waals surface area contributed by atoms with Crippen molar-refractivity contribution in [2.24, 2.45) is 0 Å². The topological polar surface area (TPSA) is 86.8 Å². The first-order chi connectivity index (χ1) is 18.1. The predicted octanol–water partition coefficient (Wildman–Crippen LogP) is 4.32. The molecule has 9 heteroatoms. The Balaban J connectivity index is 1.97. The van der Waals surface area contributed by atoms with Gasteiger partial charge < -0.3 is 10.2 Å². The van der Waals surface area contributed by atoms with Crippen LogP contribution < -0.4 is 9.62 Å². The van der Waals surface area contributed by atoms with E-state index in [1.165, 1.54) is 35.2 Å². The fourth-order valence-corrected chi connectivity index (χ4v) is 5.39. The maximum atomic E-state index is 14.9. The van der Waals surface area contributed by atoms with E-state index in [0.717, 1.165) is 27.9 Å². The van der Waals surface area contributed by atoms with Gasteiger partial charge in [-0.25, -0.2) is 12.8 Å². The van der Waals surface area contributed by atoms with Crippen LogP contribution in [0.4, 0.5) is 10.1 Å². The van der Waals surface area contributed by atoms with Crippen LogP contribution in [-0.4, -0.2) is 50.8 Å². The van der Waals surface area contributed by atoms with E-state index in [9.17, 15) is 22.4 Å². The number of para-hydroxylation sites is 1. The number of nitrogens with one attached hydrogen (secondary N) is 1. The van der Waals surface area contributed by atoms with Crippen LogP contribution in [0.5, 0.6) is 0 Å². The molecule has 0 unspecified atom stereocenters. The Morgan fingerprint density at radius 3 is 2.21 bits per heavy atom. The quantitative estimate of drug-likeness (QED) is 0.372. The molecule has 7 nitrogen and oxygen atoms in total. The average Bonchev–Trinajstić information content (AvgIpc) is 2.91. The molecule has 0 saturated heterocycles. The average molecular weight is 540 g/mol. The van der Waals surface area contributed by atoms with E-state index in [-0.39, 0.29) is 23.0 Å². The first-order valence-electron chi connectivity index (χ1n) is 12.6. The van der Waals surface area contributed by atoms with Gasteiger partial charge >= 0.3 is 0 Å². The number of hydrogen-bond donors (Lipinski definition) is 1. The molecule has 3 aromatic carbocycles. The monoisotopic (exact) mass is 539 g/mol. The molecule has 0 saturated carbocycles. The molecular weight excluding hydrogens is 505 g/mol. The van der Waals surface area contributed by atoms with Crippen molar-refractivity contribution in [3.63, 3.8) is 0 Å². The maximum Gasteiger partial charge on any atom is 0.264 e. The minimum atomic E-state index is -4.30. The van der Waals surface area contributed by atoms with Crippen molar-refractivity contribution < 1.29 is 22.4 Å². The number of rotatable bonds is 12. The molecule has 0 bridgehead atoms. The number of halogens is 1. The van der Waals surface area contributed by atoms with Crippen molar-refractivity contribution >= 4 is 27.5 Å². The molecule has 0 spiro atoms. The van der Waals surface area contributed by atoms with E-state index in [1.807, 2.05) is 44.2 Å². The van der Waals surface area contributed by atoms with Gasteiger partial charge in [0.05, 0.1) is 10.6 Å². The molecule has 202 valence electrons. The lowest BCUT2D eigenvalue weighted by Crippen LogP contribution is -2.52. The highest BCUT2D eigenvalue weighted by Gasteiger charge is 2.33. The number of aryl methyl sites for hydroxylation is 1. The fraction of sp³-hybridized carbons (Fsp3) is 0.310. The van der Waals surface area contributed by atoms with E-state index >= 15 is 0 Å². The summed E-state index contributed by atoms with van der Waals surface area (Å²) in [5.74, 6) is -1.73. The minimum absolute atomic E-state index is 0.0660. The summed E-state index contributed by atoms with van der Waals surface area (Å²) >= 11 is 0. The van der Waals surface area contributed by atoms with Gasteiger partial charge in [0.25, 0.3) is 10.0 Å². The van der Waals surface area contributed by atoms with Gasteiger partial charge in [0.2, 0.25) is 11.8 Å². The van der Waals surface area contributed by atoms with Crippen LogP contribution in [0.3, 0.4) is 0 Å². The Morgan fingerprint density at radius 1 is 0.947 bits per heavy atom. The number of nitrogens with zero attached hydrogens (tertiary/aromatic N) is 2. The van der Waals surface area contributed by atoms with Crippen molar-refractivity contribution in [1.29, 1.82) is 0 Å². The number of carbonyl (C=O) groups is 2. The molecule has 0 aliphatic rings. The van der Waals surface area contributed by atoms with Gasteiger partial charge in [0.1, 0.15) is 18.4 Å². The zero-order chi connectivity index (χ0) is 27.7. The normalized spacial score (nSPS) is 12.0. The van der Waals surface area contributed by atoms with E-state index in [4.69, 9.17) is 0 Å². The van der Waals surface area contributed by atoms with E-state index in [0.29, 0.717) is 13.0 Å². The second kappa shape index (κ2) is 13.2. The van der Waals surface area contributed by atoms with Crippen molar-refractivity contribution in [3.8, 4) is 0 Å². The minimum Gasteiger partial charge on any atom is -0.354 e.